The summed E-state index contributed by atoms with van der Waals surface area (Å²) in [7, 11) is 1.81. The zero-order chi connectivity index (χ0) is 12.1. The maximum atomic E-state index is 11.5. The zero-order valence-corrected chi connectivity index (χ0v) is 11.1. The predicted octanol–water partition coefficient (Wildman–Crippen LogP) is 1.33. The normalized spacial score (nSPS) is 10.5. The highest BCUT2D eigenvalue weighted by Gasteiger charge is 2.07. The minimum atomic E-state index is 0.118. The third-order valence-corrected chi connectivity index (χ3v) is 3.60. The molecular formula is C11H19N3OS. The maximum absolute atomic E-state index is 11.5. The number of nitrogens with zero attached hydrogens (tertiary/aromatic N) is 2. The van der Waals surface area contributed by atoms with Crippen LogP contribution < -0.4 is 5.32 Å². The van der Waals surface area contributed by atoms with E-state index in [1.807, 2.05) is 20.9 Å². The molecule has 5 heteroatoms. The number of aryl methyl sites for hydroxylation is 2. The van der Waals surface area contributed by atoms with Crippen LogP contribution in [0.2, 0.25) is 0 Å². The van der Waals surface area contributed by atoms with Crippen molar-refractivity contribution in [3.8, 4) is 0 Å². The summed E-state index contributed by atoms with van der Waals surface area (Å²) in [6.45, 7) is 7.82. The van der Waals surface area contributed by atoms with Crippen molar-refractivity contribution in [1.29, 1.82) is 0 Å². The summed E-state index contributed by atoms with van der Waals surface area (Å²) < 4.78 is 0. The largest absolute Gasteiger partial charge is 0.345 e. The average molecular weight is 241 g/mol. The molecule has 0 atom stereocenters. The first-order chi connectivity index (χ1) is 7.54. The molecule has 0 spiro atoms. The number of carbonyl (C=O) groups excluding carboxylic acids is 1. The van der Waals surface area contributed by atoms with Gasteiger partial charge in [-0.25, -0.2) is 4.98 Å². The van der Waals surface area contributed by atoms with Gasteiger partial charge >= 0.3 is 0 Å². The molecule has 4 nitrogen and oxygen atoms in total. The number of hydrogen-bond acceptors (Lipinski definition) is 4. The van der Waals surface area contributed by atoms with Gasteiger partial charge in [-0.05, 0) is 20.8 Å². The molecule has 1 heterocycles. The number of aromatic nitrogens is 1. The van der Waals surface area contributed by atoms with Crippen LogP contribution in [-0.2, 0) is 11.3 Å². The van der Waals surface area contributed by atoms with Crippen molar-refractivity contribution >= 4 is 17.2 Å². The van der Waals surface area contributed by atoms with Gasteiger partial charge in [0.2, 0.25) is 5.91 Å². The van der Waals surface area contributed by atoms with E-state index in [9.17, 15) is 4.79 Å². The van der Waals surface area contributed by atoms with E-state index in [1.54, 1.807) is 16.2 Å². The Morgan fingerprint density at radius 3 is 2.69 bits per heavy atom. The van der Waals surface area contributed by atoms with E-state index in [2.05, 4.69) is 17.2 Å². The molecule has 0 saturated carbocycles. The van der Waals surface area contributed by atoms with Crippen LogP contribution in [0, 0.1) is 13.8 Å². The molecule has 16 heavy (non-hydrogen) atoms. The predicted molar refractivity (Wildman–Crippen MR) is 66.6 cm³/mol. The first-order valence-electron chi connectivity index (χ1n) is 5.42. The number of carbonyl (C=O) groups is 1. The second-order valence-electron chi connectivity index (χ2n) is 3.76. The Morgan fingerprint density at radius 2 is 2.19 bits per heavy atom. The van der Waals surface area contributed by atoms with Gasteiger partial charge in [0.1, 0.15) is 5.01 Å². The van der Waals surface area contributed by atoms with Crippen molar-refractivity contribution in [1.82, 2.24) is 15.2 Å². The summed E-state index contributed by atoms with van der Waals surface area (Å²) in [5, 5.41) is 4.16. The van der Waals surface area contributed by atoms with Crippen molar-refractivity contribution in [3.05, 3.63) is 15.6 Å². The molecule has 0 aliphatic carbocycles. The molecular weight excluding hydrogens is 222 g/mol. The highest BCUT2D eigenvalue weighted by Crippen LogP contribution is 2.15. The molecule has 0 aromatic carbocycles. The van der Waals surface area contributed by atoms with E-state index in [4.69, 9.17) is 0 Å². The molecule has 0 bridgehead atoms. The minimum absolute atomic E-state index is 0.118. The fourth-order valence-corrected chi connectivity index (χ4v) is 2.11. The van der Waals surface area contributed by atoms with Gasteiger partial charge in [0.15, 0.2) is 0 Å². The summed E-state index contributed by atoms with van der Waals surface area (Å²) in [4.78, 5) is 18.8. The van der Waals surface area contributed by atoms with Crippen LogP contribution in [0.25, 0.3) is 0 Å². The maximum Gasteiger partial charge on any atom is 0.236 e. The van der Waals surface area contributed by atoms with Gasteiger partial charge in [-0.3, -0.25) is 4.79 Å². The average Bonchev–Trinajstić information content (AvgIpc) is 2.57. The molecule has 0 saturated heterocycles. The van der Waals surface area contributed by atoms with Gasteiger partial charge in [0.05, 0.1) is 12.2 Å². The van der Waals surface area contributed by atoms with E-state index in [-0.39, 0.29) is 5.91 Å². The van der Waals surface area contributed by atoms with Gasteiger partial charge < -0.3 is 10.2 Å². The Hall–Kier alpha value is -0.940. The molecule has 1 N–H and O–H groups in total. The quantitative estimate of drug-likeness (QED) is 0.846. The molecule has 90 valence electrons. The van der Waals surface area contributed by atoms with Crippen LogP contribution in [0.15, 0.2) is 0 Å². The Labute approximate surface area is 101 Å². The molecule has 1 amide bonds. The lowest BCUT2D eigenvalue weighted by molar-refractivity contribution is -0.128. The van der Waals surface area contributed by atoms with Crippen molar-refractivity contribution < 1.29 is 4.79 Å². The Kier molecular flexibility index (Phi) is 4.89. The number of hydrogen-bond donors (Lipinski definition) is 1. The molecule has 1 aromatic heterocycles. The summed E-state index contributed by atoms with van der Waals surface area (Å²) in [6.07, 6.45) is 0. The highest BCUT2D eigenvalue weighted by molar-refractivity contribution is 7.11. The fraction of sp³-hybridized carbons (Fsp3) is 0.636. The van der Waals surface area contributed by atoms with Crippen LogP contribution in [-0.4, -0.2) is 35.9 Å². The van der Waals surface area contributed by atoms with Crippen molar-refractivity contribution in [3.63, 3.8) is 0 Å². The molecule has 1 aromatic rings. The summed E-state index contributed by atoms with van der Waals surface area (Å²) in [5.41, 5.74) is 1.08. The Bertz CT molecular complexity index is 343. The standard InChI is InChI=1S/C11H19N3OS/c1-5-14(4)11(15)7-12-6-10-13-8(2)9(3)16-10/h12H,5-7H2,1-4H3. The Balaban J connectivity index is 2.33. The lowest BCUT2D eigenvalue weighted by Crippen LogP contribution is -2.35. The highest BCUT2D eigenvalue weighted by atomic mass is 32.1. The number of rotatable bonds is 5. The molecule has 0 unspecified atom stereocenters. The van der Waals surface area contributed by atoms with Gasteiger partial charge in [-0.1, -0.05) is 0 Å². The van der Waals surface area contributed by atoms with Crippen LogP contribution in [0.3, 0.4) is 0 Å². The van der Waals surface area contributed by atoms with Gasteiger partial charge in [-0.15, -0.1) is 11.3 Å². The second-order valence-corrected chi connectivity index (χ2v) is 5.05. The van der Waals surface area contributed by atoms with Crippen LogP contribution >= 0.6 is 11.3 Å². The molecule has 0 aliphatic heterocycles. The summed E-state index contributed by atoms with van der Waals surface area (Å²) in [5.74, 6) is 0.118. The Morgan fingerprint density at radius 1 is 1.50 bits per heavy atom. The molecule has 1 rings (SSSR count). The van der Waals surface area contributed by atoms with Crippen molar-refractivity contribution in [2.24, 2.45) is 0 Å². The lowest BCUT2D eigenvalue weighted by Gasteiger charge is -2.14. The number of thiazole rings is 1. The molecule has 0 fully saturated rings. The number of nitrogens with one attached hydrogen (secondary N) is 1. The van der Waals surface area contributed by atoms with Gasteiger partial charge in [0, 0.05) is 25.0 Å². The second kappa shape index (κ2) is 5.96. The van der Waals surface area contributed by atoms with E-state index in [1.165, 1.54) is 4.88 Å². The van der Waals surface area contributed by atoms with Crippen LogP contribution in [0.1, 0.15) is 22.5 Å². The van der Waals surface area contributed by atoms with E-state index in [0.717, 1.165) is 17.2 Å². The number of likely N-dealkylation sites (N-methyl/N-ethyl adjacent to an activating group) is 1. The van der Waals surface area contributed by atoms with Crippen LogP contribution in [0.5, 0.6) is 0 Å². The smallest absolute Gasteiger partial charge is 0.236 e. The number of amides is 1. The topological polar surface area (TPSA) is 45.2 Å². The van der Waals surface area contributed by atoms with E-state index < -0.39 is 0 Å². The zero-order valence-electron chi connectivity index (χ0n) is 10.3. The van der Waals surface area contributed by atoms with E-state index in [0.29, 0.717) is 13.1 Å². The van der Waals surface area contributed by atoms with Crippen molar-refractivity contribution in [2.75, 3.05) is 20.1 Å². The van der Waals surface area contributed by atoms with Gasteiger partial charge in [-0.2, -0.15) is 0 Å². The molecule has 0 radical (unpaired) electrons. The lowest BCUT2D eigenvalue weighted by atomic mass is 10.4. The monoisotopic (exact) mass is 241 g/mol. The van der Waals surface area contributed by atoms with E-state index >= 15 is 0 Å². The van der Waals surface area contributed by atoms with Gasteiger partial charge in [0.25, 0.3) is 0 Å². The molecule has 0 aliphatic rings. The van der Waals surface area contributed by atoms with Crippen molar-refractivity contribution in [2.45, 2.75) is 27.3 Å². The SMILES string of the molecule is CCN(C)C(=O)CNCc1nc(C)c(C)s1. The third-order valence-electron chi connectivity index (χ3n) is 2.53. The van der Waals surface area contributed by atoms with Crippen LogP contribution in [0.4, 0.5) is 0 Å². The first-order valence-corrected chi connectivity index (χ1v) is 6.23. The summed E-state index contributed by atoms with van der Waals surface area (Å²) >= 11 is 1.68. The first kappa shape index (κ1) is 13.1. The fourth-order valence-electron chi connectivity index (χ4n) is 1.20. The summed E-state index contributed by atoms with van der Waals surface area (Å²) in [6, 6.07) is 0. The third kappa shape index (κ3) is 3.57. The minimum Gasteiger partial charge on any atom is -0.345 e.